The van der Waals surface area contributed by atoms with E-state index in [0.29, 0.717) is 17.8 Å². The molecule has 30 heavy (non-hydrogen) atoms. The minimum absolute atomic E-state index is 0.00987. The second-order valence-electron chi connectivity index (χ2n) is 8.04. The molecule has 160 valence electrons. The predicted octanol–water partition coefficient (Wildman–Crippen LogP) is 3.30. The van der Waals surface area contributed by atoms with Gasteiger partial charge in [-0.25, -0.2) is 0 Å². The van der Waals surface area contributed by atoms with Gasteiger partial charge in [-0.2, -0.15) is 0 Å². The fraction of sp³-hybridized carbons (Fsp3) is 0.478. The number of nitrogens with zero attached hydrogens (tertiary/aromatic N) is 1. The van der Waals surface area contributed by atoms with Gasteiger partial charge in [-0.3, -0.25) is 14.5 Å². The van der Waals surface area contributed by atoms with Crippen molar-refractivity contribution in [2.45, 2.75) is 37.6 Å². The van der Waals surface area contributed by atoms with Crippen molar-refractivity contribution in [2.24, 2.45) is 0 Å². The van der Waals surface area contributed by atoms with Crippen LogP contribution in [0.2, 0.25) is 0 Å². The summed E-state index contributed by atoms with van der Waals surface area (Å²) in [6.07, 6.45) is 7.24. The highest BCUT2D eigenvalue weighted by molar-refractivity contribution is 6.07. The number of nitrogens with one attached hydrogen (secondary N) is 2. The smallest absolute Gasteiger partial charge is 0.291 e. The quantitative estimate of drug-likeness (QED) is 0.762. The number of rotatable bonds is 6. The first-order valence-corrected chi connectivity index (χ1v) is 10.7. The summed E-state index contributed by atoms with van der Waals surface area (Å²) in [4.78, 5) is 27.9. The summed E-state index contributed by atoms with van der Waals surface area (Å²) < 4.78 is 10.7. The Hall–Kier alpha value is -2.64. The monoisotopic (exact) mass is 411 g/mol. The van der Waals surface area contributed by atoms with Gasteiger partial charge < -0.3 is 19.8 Å². The van der Waals surface area contributed by atoms with Crippen LogP contribution in [0.15, 0.2) is 47.1 Å². The van der Waals surface area contributed by atoms with E-state index in [1.165, 1.54) is 25.5 Å². The van der Waals surface area contributed by atoms with Crippen molar-refractivity contribution >= 4 is 17.5 Å². The maximum Gasteiger partial charge on any atom is 0.291 e. The van der Waals surface area contributed by atoms with Gasteiger partial charge in [0.25, 0.3) is 11.8 Å². The summed E-state index contributed by atoms with van der Waals surface area (Å²) in [6.45, 7) is 3.91. The van der Waals surface area contributed by atoms with Gasteiger partial charge in [0.15, 0.2) is 5.76 Å². The zero-order valence-electron chi connectivity index (χ0n) is 17.2. The van der Waals surface area contributed by atoms with Crippen LogP contribution in [0.5, 0.6) is 0 Å². The Morgan fingerprint density at radius 2 is 1.73 bits per heavy atom. The van der Waals surface area contributed by atoms with Crippen LogP contribution < -0.4 is 10.6 Å². The molecule has 0 radical (unpaired) electrons. The van der Waals surface area contributed by atoms with Gasteiger partial charge in [0.1, 0.15) is 0 Å². The second kappa shape index (κ2) is 9.45. The molecule has 2 amide bonds. The molecule has 0 spiro atoms. The normalized spacial score (nSPS) is 19.2. The van der Waals surface area contributed by atoms with E-state index in [1.807, 2.05) is 0 Å². The first-order valence-electron chi connectivity index (χ1n) is 10.7. The molecule has 7 heteroatoms. The summed E-state index contributed by atoms with van der Waals surface area (Å²) in [5.74, 6) is -0.348. The number of carbonyl (C=O) groups is 2. The number of benzene rings is 1. The number of hydrogen-bond donors (Lipinski definition) is 2. The van der Waals surface area contributed by atoms with Crippen LogP contribution >= 0.6 is 0 Å². The molecule has 2 fully saturated rings. The Kier molecular flexibility index (Phi) is 6.50. The van der Waals surface area contributed by atoms with Crippen LogP contribution in [0.25, 0.3) is 0 Å². The molecule has 2 N–H and O–H groups in total. The van der Waals surface area contributed by atoms with Crippen LogP contribution in [0.3, 0.4) is 0 Å². The molecule has 1 saturated heterocycles. The van der Waals surface area contributed by atoms with Crippen molar-refractivity contribution in [1.29, 1.82) is 0 Å². The van der Waals surface area contributed by atoms with Crippen LogP contribution in [-0.4, -0.2) is 55.1 Å². The molecular weight excluding hydrogens is 382 g/mol. The Balaban J connectivity index is 1.46. The maximum absolute atomic E-state index is 13.1. The summed E-state index contributed by atoms with van der Waals surface area (Å²) in [6, 6.07) is 10.3. The molecule has 1 aliphatic heterocycles. The van der Waals surface area contributed by atoms with Gasteiger partial charge in [0, 0.05) is 25.2 Å². The third-order valence-electron chi connectivity index (χ3n) is 6.21. The predicted molar refractivity (Wildman–Crippen MR) is 114 cm³/mol. The van der Waals surface area contributed by atoms with Gasteiger partial charge in [-0.15, -0.1) is 0 Å². The van der Waals surface area contributed by atoms with Crippen LogP contribution in [0.4, 0.5) is 5.69 Å². The van der Waals surface area contributed by atoms with Crippen LogP contribution in [-0.2, 0) is 4.74 Å². The van der Waals surface area contributed by atoms with Crippen LogP contribution in [0, 0.1) is 0 Å². The average molecular weight is 412 g/mol. The number of para-hydroxylation sites is 1. The summed E-state index contributed by atoms with van der Waals surface area (Å²) in [5.41, 5.74) is 0.912. The van der Waals surface area contributed by atoms with Crippen molar-refractivity contribution in [2.75, 3.05) is 38.2 Å². The lowest BCUT2D eigenvalue weighted by Crippen LogP contribution is -2.59. The van der Waals surface area contributed by atoms with Gasteiger partial charge >= 0.3 is 0 Å². The Bertz CT molecular complexity index is 853. The van der Waals surface area contributed by atoms with Crippen molar-refractivity contribution in [3.8, 4) is 0 Å². The average Bonchev–Trinajstić information content (AvgIpc) is 3.34. The molecular formula is C23H29N3O4. The first-order chi connectivity index (χ1) is 14.7. The van der Waals surface area contributed by atoms with E-state index in [2.05, 4.69) is 15.5 Å². The van der Waals surface area contributed by atoms with E-state index >= 15 is 0 Å². The maximum atomic E-state index is 13.1. The zero-order valence-corrected chi connectivity index (χ0v) is 17.2. The lowest BCUT2D eigenvalue weighted by molar-refractivity contribution is -0.0361. The fourth-order valence-electron chi connectivity index (χ4n) is 4.57. The highest BCUT2D eigenvalue weighted by Crippen LogP contribution is 2.34. The second-order valence-corrected chi connectivity index (χ2v) is 8.04. The van der Waals surface area contributed by atoms with E-state index in [4.69, 9.17) is 9.15 Å². The van der Waals surface area contributed by atoms with Crippen molar-refractivity contribution in [1.82, 2.24) is 10.2 Å². The number of furan rings is 1. The van der Waals surface area contributed by atoms with E-state index in [-0.39, 0.29) is 23.1 Å². The number of carbonyl (C=O) groups excluding carboxylic acids is 2. The number of hydrogen-bond acceptors (Lipinski definition) is 5. The topological polar surface area (TPSA) is 83.8 Å². The zero-order chi connectivity index (χ0) is 20.8. The molecule has 0 bridgehead atoms. The Labute approximate surface area is 176 Å². The lowest BCUT2D eigenvalue weighted by atomic mass is 9.79. The minimum atomic E-state index is -0.377. The molecule has 2 aromatic rings. The molecule has 1 aliphatic carbocycles. The minimum Gasteiger partial charge on any atom is -0.459 e. The number of morpholine rings is 1. The third-order valence-corrected chi connectivity index (χ3v) is 6.21. The lowest BCUT2D eigenvalue weighted by Gasteiger charge is -2.48. The van der Waals surface area contributed by atoms with Crippen molar-refractivity contribution in [3.63, 3.8) is 0 Å². The number of ether oxygens (including phenoxy) is 1. The highest BCUT2D eigenvalue weighted by atomic mass is 16.5. The molecule has 2 heterocycles. The molecule has 1 saturated carbocycles. The fourth-order valence-corrected chi connectivity index (χ4v) is 4.57. The van der Waals surface area contributed by atoms with E-state index in [9.17, 15) is 9.59 Å². The van der Waals surface area contributed by atoms with E-state index in [1.54, 1.807) is 36.4 Å². The highest BCUT2D eigenvalue weighted by Gasteiger charge is 2.39. The van der Waals surface area contributed by atoms with E-state index in [0.717, 1.165) is 39.1 Å². The number of amides is 2. The number of anilines is 1. The third kappa shape index (κ3) is 4.57. The molecule has 2 aliphatic rings. The molecule has 1 aromatic carbocycles. The van der Waals surface area contributed by atoms with Crippen molar-refractivity contribution in [3.05, 3.63) is 54.0 Å². The molecule has 4 rings (SSSR count). The summed E-state index contributed by atoms with van der Waals surface area (Å²) in [5, 5.41) is 5.94. The Morgan fingerprint density at radius 1 is 0.967 bits per heavy atom. The molecule has 7 nitrogen and oxygen atoms in total. The summed E-state index contributed by atoms with van der Waals surface area (Å²) >= 11 is 0. The standard InChI is InChI=1S/C23H29N3O4/c27-21(18-7-2-3-8-19(18)25-22(28)20-9-6-14-30-20)24-17-23(10-4-1-5-11-23)26-12-15-29-16-13-26/h2-3,6-9,14H,1,4-5,10-13,15-17H2,(H,24,27)(H,25,28). The Morgan fingerprint density at radius 3 is 2.47 bits per heavy atom. The van der Waals surface area contributed by atoms with Gasteiger partial charge in [0.2, 0.25) is 0 Å². The van der Waals surface area contributed by atoms with Crippen LogP contribution in [0.1, 0.15) is 53.0 Å². The molecule has 0 unspecified atom stereocenters. The first kappa shape index (κ1) is 20.6. The SMILES string of the molecule is O=C(Nc1ccccc1C(=O)NCC1(N2CCOCC2)CCCCC1)c1ccco1. The molecule has 0 atom stereocenters. The van der Waals surface area contributed by atoms with Gasteiger partial charge in [-0.05, 0) is 37.1 Å². The van der Waals surface area contributed by atoms with Gasteiger partial charge in [0.05, 0.1) is 30.7 Å². The largest absolute Gasteiger partial charge is 0.459 e. The summed E-state index contributed by atoms with van der Waals surface area (Å²) in [7, 11) is 0. The van der Waals surface area contributed by atoms with E-state index < -0.39 is 0 Å². The van der Waals surface area contributed by atoms with Gasteiger partial charge in [-0.1, -0.05) is 31.4 Å². The van der Waals surface area contributed by atoms with Crippen molar-refractivity contribution < 1.29 is 18.7 Å². The molecule has 1 aromatic heterocycles.